The van der Waals surface area contributed by atoms with E-state index >= 15 is 0 Å². The van der Waals surface area contributed by atoms with Gasteiger partial charge in [-0.2, -0.15) is 13.5 Å². The lowest BCUT2D eigenvalue weighted by atomic mass is 9.98. The van der Waals surface area contributed by atoms with Gasteiger partial charge in [-0.15, -0.1) is 5.10 Å². The molecule has 2 saturated carbocycles. The molecule has 1 N–H and O–H groups in total. The van der Waals surface area contributed by atoms with Crippen LogP contribution in [0, 0.1) is 18.8 Å². The second kappa shape index (κ2) is 12.6. The summed E-state index contributed by atoms with van der Waals surface area (Å²) in [6.07, 6.45) is 6.88. The molecule has 8 nitrogen and oxygen atoms in total. The summed E-state index contributed by atoms with van der Waals surface area (Å²) in [6.45, 7) is 0.463. The fourth-order valence-electron chi connectivity index (χ4n) is 4.77. The number of alkyl halides is 2. The van der Waals surface area contributed by atoms with Crippen LogP contribution in [0.3, 0.4) is 0 Å². The predicted molar refractivity (Wildman–Crippen MR) is 146 cm³/mol. The number of amides is 1. The number of pyridine rings is 1. The fraction of sp³-hybridized carbons (Fsp3) is 0.429. The maximum absolute atomic E-state index is 13.8. The van der Waals surface area contributed by atoms with Crippen molar-refractivity contribution in [2.24, 2.45) is 0 Å². The number of hydrogen-bond acceptors (Lipinski definition) is 5. The van der Waals surface area contributed by atoms with Gasteiger partial charge in [0, 0.05) is 4.47 Å². The number of anilines is 2. The van der Waals surface area contributed by atoms with E-state index < -0.39 is 12.5 Å². The zero-order valence-electron chi connectivity index (χ0n) is 21.7. The van der Waals surface area contributed by atoms with Crippen LogP contribution in [0.5, 0.6) is 5.88 Å². The number of carbonyl (C=O) groups excluding carboxylic acids is 1. The highest BCUT2D eigenvalue weighted by Gasteiger charge is 2.32. The molecular weight excluding hydrogens is 574 g/mol. The second-order valence-corrected chi connectivity index (χ2v) is 10.4. The Labute approximate surface area is 233 Å². The summed E-state index contributed by atoms with van der Waals surface area (Å²) in [6, 6.07) is 7.08. The van der Waals surface area contributed by atoms with Crippen LogP contribution in [-0.4, -0.2) is 38.4 Å². The van der Waals surface area contributed by atoms with Crippen molar-refractivity contribution in [1.82, 2.24) is 14.8 Å². The van der Waals surface area contributed by atoms with E-state index in [1.54, 1.807) is 13.0 Å². The largest absolute Gasteiger partial charge is 0.483 e. The number of aromatic nitrogens is 3. The maximum Gasteiger partial charge on any atom is 0.333 e. The van der Waals surface area contributed by atoms with E-state index in [1.807, 2.05) is 19.1 Å². The highest BCUT2D eigenvalue weighted by molar-refractivity contribution is 9.10. The Morgan fingerprint density at radius 3 is 2.54 bits per heavy atom. The van der Waals surface area contributed by atoms with Crippen molar-refractivity contribution >= 4 is 50.8 Å². The molecule has 1 aromatic carbocycles. The van der Waals surface area contributed by atoms with Crippen molar-refractivity contribution in [2.75, 3.05) is 4.90 Å². The van der Waals surface area contributed by atoms with E-state index in [9.17, 15) is 13.6 Å². The van der Waals surface area contributed by atoms with Gasteiger partial charge in [0.15, 0.2) is 5.52 Å². The third-order valence-corrected chi connectivity index (χ3v) is 7.61. The minimum atomic E-state index is -2.84. The summed E-state index contributed by atoms with van der Waals surface area (Å²) < 4.78 is 35.3. The van der Waals surface area contributed by atoms with E-state index in [1.165, 1.54) is 11.0 Å². The van der Waals surface area contributed by atoms with Crippen molar-refractivity contribution in [1.29, 1.82) is 0 Å². The summed E-state index contributed by atoms with van der Waals surface area (Å²) in [4.78, 5) is 27.8. The van der Waals surface area contributed by atoms with Gasteiger partial charge in [0.25, 0.3) is 12.4 Å². The van der Waals surface area contributed by atoms with Gasteiger partial charge in [0.05, 0.1) is 11.2 Å². The molecule has 2 aromatic heterocycles. The molecule has 0 aliphatic heterocycles. The highest BCUT2D eigenvalue weighted by Crippen LogP contribution is 2.47. The minimum absolute atomic E-state index is 0.0717. The summed E-state index contributed by atoms with van der Waals surface area (Å²) in [7, 11) is 0. The first kappa shape index (κ1) is 28.5. The Kier molecular flexibility index (Phi) is 9.17. The number of hydrogen-bond donors (Lipinski definition) is 1. The number of halogens is 3. The molecule has 0 saturated heterocycles. The average molecular weight is 603 g/mol. The Balaban J connectivity index is 0.00000112. The molecular formula is C28H29BrF2N4O4. The van der Waals surface area contributed by atoms with Gasteiger partial charge < -0.3 is 9.84 Å². The first-order chi connectivity index (χ1) is 18.8. The summed E-state index contributed by atoms with van der Waals surface area (Å²) in [5.41, 5.74) is 3.06. The van der Waals surface area contributed by atoms with Gasteiger partial charge >= 0.3 is 12.5 Å². The first-order valence-electron chi connectivity index (χ1n) is 12.8. The van der Waals surface area contributed by atoms with Gasteiger partial charge in [0.2, 0.25) is 0 Å². The molecule has 2 aliphatic carbocycles. The zero-order chi connectivity index (χ0) is 28.1. The van der Waals surface area contributed by atoms with Crippen molar-refractivity contribution in [3.05, 3.63) is 39.9 Å². The number of nitrogens with zero attached hydrogens (tertiary/aromatic N) is 4. The van der Waals surface area contributed by atoms with Crippen LogP contribution in [0.25, 0.3) is 11.0 Å². The van der Waals surface area contributed by atoms with Gasteiger partial charge in [-0.05, 0) is 99.6 Å². The van der Waals surface area contributed by atoms with Gasteiger partial charge in [0.1, 0.15) is 11.9 Å². The zero-order valence-corrected chi connectivity index (χ0v) is 23.2. The number of carbonyl (C=O) groups is 2. The third-order valence-electron chi connectivity index (χ3n) is 6.75. The molecule has 2 heterocycles. The molecule has 0 spiro atoms. The average Bonchev–Trinajstić information content (AvgIpc) is 3.69. The number of fused-ring (bicyclic) bond motifs is 1. The Hall–Kier alpha value is -3.52. The van der Waals surface area contributed by atoms with E-state index in [-0.39, 0.29) is 29.5 Å². The van der Waals surface area contributed by atoms with Gasteiger partial charge in [-0.3, -0.25) is 14.5 Å². The van der Waals surface area contributed by atoms with E-state index in [4.69, 9.17) is 14.6 Å². The molecule has 2 aliphatic rings. The predicted octanol–water partition coefficient (Wildman–Crippen LogP) is 6.88. The maximum atomic E-state index is 13.8. The molecule has 206 valence electrons. The summed E-state index contributed by atoms with van der Waals surface area (Å²) in [5.74, 6) is 5.58. The van der Waals surface area contributed by atoms with E-state index in [0.29, 0.717) is 22.1 Å². The SMILES string of the molecule is CC#CC(=O)N(c1ccc2c(n1)c(OC1CCCCC1)nn2C(F)F)c1cc(C)c(Br)cc1C1CC1.O=CO. The van der Waals surface area contributed by atoms with Crippen LogP contribution >= 0.6 is 15.9 Å². The molecule has 0 unspecified atom stereocenters. The summed E-state index contributed by atoms with van der Waals surface area (Å²) >= 11 is 3.61. The molecule has 3 aromatic rings. The summed E-state index contributed by atoms with van der Waals surface area (Å²) in [5, 5.41) is 11.0. The first-order valence-corrected chi connectivity index (χ1v) is 13.6. The Morgan fingerprint density at radius 2 is 1.92 bits per heavy atom. The molecule has 0 atom stereocenters. The van der Waals surface area contributed by atoms with Crippen molar-refractivity contribution in [2.45, 2.75) is 77.4 Å². The van der Waals surface area contributed by atoms with Crippen LogP contribution < -0.4 is 9.64 Å². The third kappa shape index (κ3) is 6.38. The number of ether oxygens (including phenoxy) is 1. The minimum Gasteiger partial charge on any atom is -0.483 e. The molecule has 0 radical (unpaired) electrons. The van der Waals surface area contributed by atoms with Crippen LogP contribution in [0.15, 0.2) is 28.7 Å². The number of rotatable bonds is 6. The molecule has 39 heavy (non-hydrogen) atoms. The molecule has 1 amide bonds. The fourth-order valence-corrected chi connectivity index (χ4v) is 5.13. The second-order valence-electron chi connectivity index (χ2n) is 9.50. The van der Waals surface area contributed by atoms with E-state index in [0.717, 1.165) is 60.5 Å². The van der Waals surface area contributed by atoms with E-state index in [2.05, 4.69) is 37.9 Å². The monoisotopic (exact) mass is 602 g/mol. The van der Waals surface area contributed by atoms with Crippen LogP contribution in [-0.2, 0) is 9.59 Å². The van der Waals surface area contributed by atoms with Crippen molar-refractivity contribution in [3.63, 3.8) is 0 Å². The lowest BCUT2D eigenvalue weighted by molar-refractivity contribution is -0.122. The molecule has 0 bridgehead atoms. The lowest BCUT2D eigenvalue weighted by Gasteiger charge is -2.24. The number of aryl methyl sites for hydroxylation is 1. The van der Waals surface area contributed by atoms with Crippen LogP contribution in [0.4, 0.5) is 20.3 Å². The van der Waals surface area contributed by atoms with Crippen LogP contribution in [0.1, 0.15) is 75.5 Å². The number of benzene rings is 1. The molecule has 2 fully saturated rings. The quantitative estimate of drug-likeness (QED) is 0.244. The van der Waals surface area contributed by atoms with Crippen LogP contribution in [0.2, 0.25) is 0 Å². The molecule has 11 heteroatoms. The smallest absolute Gasteiger partial charge is 0.333 e. The van der Waals surface area contributed by atoms with Crippen molar-refractivity contribution < 1.29 is 28.2 Å². The highest BCUT2D eigenvalue weighted by atomic mass is 79.9. The Bertz CT molecular complexity index is 1420. The molecule has 5 rings (SSSR count). The van der Waals surface area contributed by atoms with Gasteiger partial charge in [-0.1, -0.05) is 28.3 Å². The van der Waals surface area contributed by atoms with Gasteiger partial charge in [-0.25, -0.2) is 4.98 Å². The van der Waals surface area contributed by atoms with Crippen molar-refractivity contribution in [3.8, 4) is 17.7 Å². The topological polar surface area (TPSA) is 97.6 Å². The number of carboxylic acid groups (broad SMARTS) is 1. The Morgan fingerprint density at radius 1 is 1.23 bits per heavy atom. The lowest BCUT2D eigenvalue weighted by Crippen LogP contribution is -2.26. The normalized spacial score (nSPS) is 15.2. The standard InChI is InChI=1S/C27H27BrF2N4O2.CH2O2/c1-3-7-24(35)33(22-14-16(2)20(28)15-19(22)17-10-11-17)23-13-12-21-25(31-23)26(32-34(21)27(29)30)36-18-8-5-4-6-9-18;2-1-3/h12-15,17-18,27H,4-6,8-11H2,1-2H3;1H,(H,2,3).